The van der Waals surface area contributed by atoms with Crippen molar-refractivity contribution in [1.29, 1.82) is 0 Å². The highest BCUT2D eigenvalue weighted by Crippen LogP contribution is 2.14. The highest BCUT2D eigenvalue weighted by molar-refractivity contribution is 5.93. The molecule has 0 saturated heterocycles. The van der Waals surface area contributed by atoms with Crippen LogP contribution in [0.2, 0.25) is 0 Å². The van der Waals surface area contributed by atoms with Crippen molar-refractivity contribution in [3.63, 3.8) is 0 Å². The molecule has 0 atom stereocenters. The van der Waals surface area contributed by atoms with E-state index in [4.69, 9.17) is 0 Å². The number of rotatable bonds is 9. The average Bonchev–Trinajstić information content (AvgIpc) is 2.66. The highest BCUT2D eigenvalue weighted by atomic mass is 16.2. The van der Waals surface area contributed by atoms with Crippen molar-refractivity contribution in [2.45, 2.75) is 33.1 Å². The van der Waals surface area contributed by atoms with Crippen molar-refractivity contribution in [3.05, 3.63) is 54.0 Å². The predicted octanol–water partition coefficient (Wildman–Crippen LogP) is 3.42. The molecule has 0 aliphatic heterocycles. The molecule has 0 radical (unpaired) electrons. The summed E-state index contributed by atoms with van der Waals surface area (Å²) < 4.78 is 0. The molecule has 2 aromatic heterocycles. The maximum Gasteiger partial charge on any atom is 0.255 e. The van der Waals surface area contributed by atoms with Gasteiger partial charge in [-0.15, -0.1) is 0 Å². The third-order valence-corrected chi connectivity index (χ3v) is 4.14. The second kappa shape index (κ2) is 9.77. The minimum absolute atomic E-state index is 0.00522. The number of amides is 1. The van der Waals surface area contributed by atoms with Gasteiger partial charge in [0.15, 0.2) is 0 Å². The van der Waals surface area contributed by atoms with Gasteiger partial charge in [-0.25, -0.2) is 4.98 Å². The van der Waals surface area contributed by atoms with E-state index in [2.05, 4.69) is 28.7 Å². The molecule has 0 aromatic carbocycles. The van der Waals surface area contributed by atoms with Gasteiger partial charge >= 0.3 is 0 Å². The van der Waals surface area contributed by atoms with E-state index in [0.717, 1.165) is 38.2 Å². The molecule has 5 heteroatoms. The topological polar surface area (TPSA) is 49.3 Å². The van der Waals surface area contributed by atoms with Crippen molar-refractivity contribution < 1.29 is 4.79 Å². The van der Waals surface area contributed by atoms with Crippen LogP contribution < -0.4 is 4.90 Å². The van der Waals surface area contributed by atoms with Crippen molar-refractivity contribution in [2.24, 2.45) is 0 Å². The monoisotopic (exact) mass is 340 g/mol. The first kappa shape index (κ1) is 18.9. The molecular formula is C20H28N4O. The van der Waals surface area contributed by atoms with Crippen LogP contribution in [-0.4, -0.2) is 47.5 Å². The molecule has 5 nitrogen and oxygen atoms in total. The summed E-state index contributed by atoms with van der Waals surface area (Å²) in [5.74, 6) is 0.949. The smallest absolute Gasteiger partial charge is 0.255 e. The summed E-state index contributed by atoms with van der Waals surface area (Å²) in [6, 6.07) is 7.79. The molecular weight excluding hydrogens is 312 g/mol. The minimum Gasteiger partial charge on any atom is -0.357 e. The summed E-state index contributed by atoms with van der Waals surface area (Å²) in [6.45, 7) is 6.97. The van der Waals surface area contributed by atoms with Gasteiger partial charge in [-0.3, -0.25) is 9.78 Å². The summed E-state index contributed by atoms with van der Waals surface area (Å²) in [4.78, 5) is 25.1. The fraction of sp³-hybridized carbons (Fsp3) is 0.450. The molecule has 0 N–H and O–H groups in total. The number of pyridine rings is 2. The zero-order valence-electron chi connectivity index (χ0n) is 15.5. The molecule has 0 fully saturated rings. The lowest BCUT2D eigenvalue weighted by Gasteiger charge is -2.23. The Balaban J connectivity index is 1.96. The minimum atomic E-state index is 0.00522. The van der Waals surface area contributed by atoms with Crippen LogP contribution in [0.5, 0.6) is 0 Å². The highest BCUT2D eigenvalue weighted by Gasteiger charge is 2.13. The Morgan fingerprint density at radius 1 is 1.00 bits per heavy atom. The molecule has 25 heavy (non-hydrogen) atoms. The Morgan fingerprint density at radius 3 is 2.24 bits per heavy atom. The molecule has 2 heterocycles. The Morgan fingerprint density at radius 2 is 1.68 bits per heavy atom. The van der Waals surface area contributed by atoms with Gasteiger partial charge < -0.3 is 9.80 Å². The first-order chi connectivity index (χ1) is 12.2. The SMILES string of the molecule is CCCN(CCC)c1ccc(C(=O)N(C)CCc2ccncc2)cn1. The van der Waals surface area contributed by atoms with Crippen LogP contribution in [0.3, 0.4) is 0 Å². The number of likely N-dealkylation sites (N-methyl/N-ethyl adjacent to an activating group) is 1. The summed E-state index contributed by atoms with van der Waals surface area (Å²) in [5.41, 5.74) is 1.81. The van der Waals surface area contributed by atoms with Crippen molar-refractivity contribution >= 4 is 11.7 Å². The van der Waals surface area contributed by atoms with E-state index in [1.165, 1.54) is 5.56 Å². The number of carbonyl (C=O) groups is 1. The van der Waals surface area contributed by atoms with E-state index in [9.17, 15) is 4.79 Å². The lowest BCUT2D eigenvalue weighted by Crippen LogP contribution is -2.29. The van der Waals surface area contributed by atoms with Crippen molar-refractivity contribution in [2.75, 3.05) is 31.6 Å². The van der Waals surface area contributed by atoms with Crippen molar-refractivity contribution in [3.8, 4) is 0 Å². The van der Waals surface area contributed by atoms with Crippen LogP contribution >= 0.6 is 0 Å². The quantitative estimate of drug-likeness (QED) is 0.702. The molecule has 1 amide bonds. The molecule has 2 aromatic rings. The van der Waals surface area contributed by atoms with E-state index in [1.54, 1.807) is 23.5 Å². The number of hydrogen-bond donors (Lipinski definition) is 0. The maximum absolute atomic E-state index is 12.6. The Labute approximate surface area is 150 Å². The third-order valence-electron chi connectivity index (χ3n) is 4.14. The molecule has 0 aliphatic rings. The molecule has 134 valence electrons. The van der Waals surface area contributed by atoms with E-state index in [0.29, 0.717) is 12.1 Å². The van der Waals surface area contributed by atoms with Crippen LogP contribution in [-0.2, 0) is 6.42 Å². The number of hydrogen-bond acceptors (Lipinski definition) is 4. The van der Waals surface area contributed by atoms with Crippen LogP contribution in [0, 0.1) is 0 Å². The largest absolute Gasteiger partial charge is 0.357 e. The lowest BCUT2D eigenvalue weighted by molar-refractivity contribution is 0.0796. The van der Waals surface area contributed by atoms with Crippen molar-refractivity contribution in [1.82, 2.24) is 14.9 Å². The molecule has 0 aliphatic carbocycles. The van der Waals surface area contributed by atoms with Gasteiger partial charge in [-0.2, -0.15) is 0 Å². The number of anilines is 1. The fourth-order valence-corrected chi connectivity index (χ4v) is 2.75. The molecule has 0 saturated carbocycles. The second-order valence-electron chi connectivity index (χ2n) is 6.22. The van der Waals surface area contributed by atoms with Gasteiger partial charge in [0.1, 0.15) is 5.82 Å². The van der Waals surface area contributed by atoms with E-state index in [1.807, 2.05) is 31.3 Å². The standard InChI is InChI=1S/C20H28N4O/c1-4-13-24(14-5-2)19-7-6-18(16-22-19)20(25)23(3)15-10-17-8-11-21-12-9-17/h6-9,11-12,16H,4-5,10,13-15H2,1-3H3. The first-order valence-corrected chi connectivity index (χ1v) is 9.01. The molecule has 2 rings (SSSR count). The Bertz CT molecular complexity index is 637. The third kappa shape index (κ3) is 5.55. The van der Waals surface area contributed by atoms with Gasteiger partial charge in [0.2, 0.25) is 0 Å². The zero-order valence-corrected chi connectivity index (χ0v) is 15.5. The van der Waals surface area contributed by atoms with Crippen LogP contribution in [0.15, 0.2) is 42.9 Å². The predicted molar refractivity (Wildman–Crippen MR) is 102 cm³/mol. The van der Waals surface area contributed by atoms with Gasteiger partial charge in [0, 0.05) is 45.3 Å². The van der Waals surface area contributed by atoms with Gasteiger partial charge in [0.25, 0.3) is 5.91 Å². The maximum atomic E-state index is 12.6. The van der Waals surface area contributed by atoms with E-state index in [-0.39, 0.29) is 5.91 Å². The number of carbonyl (C=O) groups excluding carboxylic acids is 1. The summed E-state index contributed by atoms with van der Waals surface area (Å²) >= 11 is 0. The molecule has 0 unspecified atom stereocenters. The fourth-order valence-electron chi connectivity index (χ4n) is 2.75. The number of nitrogens with zero attached hydrogens (tertiary/aromatic N) is 4. The molecule has 0 bridgehead atoms. The average molecular weight is 340 g/mol. The Kier molecular flexibility index (Phi) is 7.38. The summed E-state index contributed by atoms with van der Waals surface area (Å²) in [7, 11) is 1.83. The molecule has 0 spiro atoms. The normalized spacial score (nSPS) is 10.5. The Hall–Kier alpha value is -2.43. The zero-order chi connectivity index (χ0) is 18.1. The van der Waals surface area contributed by atoms with Gasteiger partial charge in [0.05, 0.1) is 5.56 Å². The lowest BCUT2D eigenvalue weighted by atomic mass is 10.2. The van der Waals surface area contributed by atoms with Crippen LogP contribution in [0.1, 0.15) is 42.6 Å². The second-order valence-corrected chi connectivity index (χ2v) is 6.22. The number of aromatic nitrogens is 2. The first-order valence-electron chi connectivity index (χ1n) is 9.01. The van der Waals surface area contributed by atoms with E-state index < -0.39 is 0 Å². The van der Waals surface area contributed by atoms with E-state index >= 15 is 0 Å². The van der Waals surface area contributed by atoms with Crippen LogP contribution in [0.25, 0.3) is 0 Å². The van der Waals surface area contributed by atoms with Crippen LogP contribution in [0.4, 0.5) is 5.82 Å². The van der Waals surface area contributed by atoms with Gasteiger partial charge in [-0.1, -0.05) is 13.8 Å². The van der Waals surface area contributed by atoms with Gasteiger partial charge in [-0.05, 0) is 49.1 Å². The summed E-state index contributed by atoms with van der Waals surface area (Å²) in [5, 5.41) is 0. The summed E-state index contributed by atoms with van der Waals surface area (Å²) in [6.07, 6.45) is 8.23.